The van der Waals surface area contributed by atoms with E-state index in [-0.39, 0.29) is 24.3 Å². The summed E-state index contributed by atoms with van der Waals surface area (Å²) in [7, 11) is 0. The fraction of sp³-hybridized carbons (Fsp3) is 0.467. The van der Waals surface area contributed by atoms with Gasteiger partial charge in [-0.15, -0.1) is 0 Å². The van der Waals surface area contributed by atoms with Crippen LogP contribution in [0.5, 0.6) is 0 Å². The maximum atomic E-state index is 12.0. The van der Waals surface area contributed by atoms with Crippen LogP contribution < -0.4 is 16.4 Å². The molecule has 0 radical (unpaired) electrons. The van der Waals surface area contributed by atoms with Crippen molar-refractivity contribution in [1.29, 1.82) is 0 Å². The highest BCUT2D eigenvalue weighted by atomic mass is 16.2. The molecule has 0 bridgehead atoms. The van der Waals surface area contributed by atoms with Gasteiger partial charge in [-0.2, -0.15) is 0 Å². The molecule has 0 saturated heterocycles. The summed E-state index contributed by atoms with van der Waals surface area (Å²) >= 11 is 0. The van der Waals surface area contributed by atoms with Gasteiger partial charge >= 0.3 is 0 Å². The van der Waals surface area contributed by atoms with Gasteiger partial charge in [-0.3, -0.25) is 9.59 Å². The maximum absolute atomic E-state index is 12.0. The lowest BCUT2D eigenvalue weighted by Gasteiger charge is -2.12. The molecule has 5 heteroatoms. The van der Waals surface area contributed by atoms with Crippen molar-refractivity contribution in [3.8, 4) is 0 Å². The summed E-state index contributed by atoms with van der Waals surface area (Å²) in [6.07, 6.45) is 1.16. The lowest BCUT2D eigenvalue weighted by atomic mass is 10.1. The zero-order valence-corrected chi connectivity index (χ0v) is 12.3. The minimum absolute atomic E-state index is 0.0519. The van der Waals surface area contributed by atoms with E-state index in [2.05, 4.69) is 10.6 Å². The molecule has 5 nitrogen and oxygen atoms in total. The third-order valence-corrected chi connectivity index (χ3v) is 3.28. The molecule has 0 aromatic heterocycles. The van der Waals surface area contributed by atoms with E-state index in [9.17, 15) is 9.59 Å². The number of benzene rings is 1. The Hall–Kier alpha value is -2.04. The van der Waals surface area contributed by atoms with Gasteiger partial charge < -0.3 is 16.4 Å². The lowest BCUT2D eigenvalue weighted by Crippen LogP contribution is -2.35. The molecule has 0 aliphatic carbocycles. The second kappa shape index (κ2) is 7.53. The number of nitrogens with two attached hydrogens (primary N) is 1. The number of nitrogens with one attached hydrogen (secondary N) is 2. The average molecular weight is 277 g/mol. The number of amides is 2. The molecular weight excluding hydrogens is 254 g/mol. The van der Waals surface area contributed by atoms with E-state index in [4.69, 9.17) is 5.73 Å². The Morgan fingerprint density at radius 1 is 1.35 bits per heavy atom. The van der Waals surface area contributed by atoms with Crippen LogP contribution in [0, 0.1) is 6.92 Å². The number of carbonyl (C=O) groups excluding carboxylic acids is 2. The Morgan fingerprint density at radius 3 is 2.70 bits per heavy atom. The summed E-state index contributed by atoms with van der Waals surface area (Å²) in [5.41, 5.74) is 7.66. The SMILES string of the molecule is CCC(C)NC(=O)CCNC(=O)c1cccc(N)c1C. The Morgan fingerprint density at radius 2 is 2.05 bits per heavy atom. The molecule has 1 rings (SSSR count). The van der Waals surface area contributed by atoms with E-state index in [1.54, 1.807) is 25.1 Å². The van der Waals surface area contributed by atoms with Crippen molar-refractivity contribution < 1.29 is 9.59 Å². The van der Waals surface area contributed by atoms with Crippen LogP contribution in [0.4, 0.5) is 5.69 Å². The first kappa shape index (κ1) is 16.0. The van der Waals surface area contributed by atoms with Gasteiger partial charge in [0.25, 0.3) is 5.91 Å². The fourth-order valence-electron chi connectivity index (χ4n) is 1.73. The quantitative estimate of drug-likeness (QED) is 0.691. The molecule has 0 aliphatic rings. The number of rotatable bonds is 6. The van der Waals surface area contributed by atoms with Crippen molar-refractivity contribution in [3.05, 3.63) is 29.3 Å². The highest BCUT2D eigenvalue weighted by molar-refractivity contribution is 5.97. The molecule has 4 N–H and O–H groups in total. The topological polar surface area (TPSA) is 84.2 Å². The first-order valence-corrected chi connectivity index (χ1v) is 6.88. The monoisotopic (exact) mass is 277 g/mol. The summed E-state index contributed by atoms with van der Waals surface area (Å²) in [5, 5.41) is 5.59. The number of anilines is 1. The molecule has 0 aliphatic heterocycles. The van der Waals surface area contributed by atoms with Gasteiger partial charge in [0.15, 0.2) is 0 Å². The Bertz CT molecular complexity index is 486. The molecule has 1 unspecified atom stereocenters. The molecule has 1 aromatic rings. The summed E-state index contributed by atoms with van der Waals surface area (Å²) in [6, 6.07) is 5.38. The van der Waals surface area contributed by atoms with Crippen LogP contribution in [0.15, 0.2) is 18.2 Å². The molecular formula is C15H23N3O2. The highest BCUT2D eigenvalue weighted by Crippen LogP contribution is 2.15. The molecule has 0 fully saturated rings. The van der Waals surface area contributed by atoms with Gasteiger partial charge in [-0.05, 0) is 38.0 Å². The second-order valence-electron chi connectivity index (χ2n) is 4.90. The van der Waals surface area contributed by atoms with Gasteiger partial charge in [0, 0.05) is 30.3 Å². The summed E-state index contributed by atoms with van der Waals surface area (Å²) in [4.78, 5) is 23.5. The number of carbonyl (C=O) groups is 2. The first-order chi connectivity index (χ1) is 9.45. The van der Waals surface area contributed by atoms with Crippen molar-refractivity contribution in [2.45, 2.75) is 39.7 Å². The van der Waals surface area contributed by atoms with Gasteiger partial charge in [0.1, 0.15) is 0 Å². The van der Waals surface area contributed by atoms with Crippen molar-refractivity contribution in [3.63, 3.8) is 0 Å². The van der Waals surface area contributed by atoms with Crippen LogP contribution in [0.3, 0.4) is 0 Å². The van der Waals surface area contributed by atoms with Crippen LogP contribution in [0.2, 0.25) is 0 Å². The lowest BCUT2D eigenvalue weighted by molar-refractivity contribution is -0.121. The third kappa shape index (κ3) is 4.57. The van der Waals surface area contributed by atoms with E-state index in [1.165, 1.54) is 0 Å². The molecule has 0 saturated carbocycles. The van der Waals surface area contributed by atoms with Gasteiger partial charge in [-0.1, -0.05) is 13.0 Å². The van der Waals surface area contributed by atoms with Crippen molar-refractivity contribution in [1.82, 2.24) is 10.6 Å². The van der Waals surface area contributed by atoms with Gasteiger partial charge in [-0.25, -0.2) is 0 Å². The predicted molar refractivity (Wildman–Crippen MR) is 80.4 cm³/mol. The number of nitrogen functional groups attached to an aromatic ring is 1. The van der Waals surface area contributed by atoms with Crippen LogP contribution in [0.1, 0.15) is 42.6 Å². The number of hydrogen-bond donors (Lipinski definition) is 3. The third-order valence-electron chi connectivity index (χ3n) is 3.28. The Kier molecular flexibility index (Phi) is 6.03. The number of hydrogen-bond acceptors (Lipinski definition) is 3. The zero-order valence-electron chi connectivity index (χ0n) is 12.3. The highest BCUT2D eigenvalue weighted by Gasteiger charge is 2.11. The van der Waals surface area contributed by atoms with Crippen LogP contribution in [-0.4, -0.2) is 24.4 Å². The van der Waals surface area contributed by atoms with Crippen LogP contribution >= 0.6 is 0 Å². The van der Waals surface area contributed by atoms with E-state index in [0.717, 1.165) is 12.0 Å². The standard InChI is InChI=1S/C15H23N3O2/c1-4-10(2)18-14(19)8-9-17-15(20)12-6-5-7-13(16)11(12)3/h5-7,10H,4,8-9,16H2,1-3H3,(H,17,20)(H,18,19). The fourth-order valence-corrected chi connectivity index (χ4v) is 1.73. The van der Waals surface area contributed by atoms with E-state index in [1.807, 2.05) is 13.8 Å². The molecule has 1 aromatic carbocycles. The van der Waals surface area contributed by atoms with Crippen LogP contribution in [0.25, 0.3) is 0 Å². The van der Waals surface area contributed by atoms with Crippen molar-refractivity contribution >= 4 is 17.5 Å². The predicted octanol–water partition coefficient (Wildman–Crippen LogP) is 1.61. The Balaban J connectivity index is 2.44. The van der Waals surface area contributed by atoms with Gasteiger partial charge in [0.05, 0.1) is 0 Å². The van der Waals surface area contributed by atoms with E-state index < -0.39 is 0 Å². The van der Waals surface area contributed by atoms with Gasteiger partial charge in [0.2, 0.25) is 5.91 Å². The normalized spacial score (nSPS) is 11.8. The second-order valence-corrected chi connectivity index (χ2v) is 4.90. The molecule has 0 spiro atoms. The van der Waals surface area contributed by atoms with Crippen molar-refractivity contribution in [2.75, 3.05) is 12.3 Å². The summed E-state index contributed by atoms with van der Waals surface area (Å²) in [6.45, 7) is 6.08. The summed E-state index contributed by atoms with van der Waals surface area (Å²) < 4.78 is 0. The maximum Gasteiger partial charge on any atom is 0.251 e. The molecule has 1 atom stereocenters. The van der Waals surface area contributed by atoms with E-state index >= 15 is 0 Å². The van der Waals surface area contributed by atoms with E-state index in [0.29, 0.717) is 17.8 Å². The zero-order chi connectivity index (χ0) is 15.1. The molecule has 20 heavy (non-hydrogen) atoms. The average Bonchev–Trinajstić information content (AvgIpc) is 2.41. The smallest absolute Gasteiger partial charge is 0.251 e. The van der Waals surface area contributed by atoms with Crippen molar-refractivity contribution in [2.24, 2.45) is 0 Å². The Labute approximate surface area is 119 Å². The van der Waals surface area contributed by atoms with Crippen LogP contribution in [-0.2, 0) is 4.79 Å². The largest absolute Gasteiger partial charge is 0.398 e. The minimum Gasteiger partial charge on any atom is -0.398 e. The summed E-state index contributed by atoms with van der Waals surface area (Å²) in [5.74, 6) is -0.255. The first-order valence-electron chi connectivity index (χ1n) is 6.88. The minimum atomic E-state index is -0.203. The molecule has 0 heterocycles. The molecule has 2 amide bonds. The molecule has 110 valence electrons.